The molecule has 0 radical (unpaired) electrons. The molecule has 0 spiro atoms. The van der Waals surface area contributed by atoms with Gasteiger partial charge in [0.25, 0.3) is 0 Å². The van der Waals surface area contributed by atoms with Crippen molar-refractivity contribution in [2.75, 3.05) is 6.79 Å². The van der Waals surface area contributed by atoms with E-state index in [2.05, 4.69) is 9.97 Å². The second kappa shape index (κ2) is 4.39. The molecule has 19 heavy (non-hydrogen) atoms. The molecule has 1 aromatic heterocycles. The Bertz CT molecular complexity index is 770. The predicted octanol–water partition coefficient (Wildman–Crippen LogP) is 0.371. The van der Waals surface area contributed by atoms with E-state index in [1.807, 2.05) is 0 Å². The molecule has 1 aromatic carbocycles. The largest absolute Gasteiger partial charge is 0.454 e. The van der Waals surface area contributed by atoms with Gasteiger partial charge in [0.15, 0.2) is 16.3 Å². The number of ether oxygens (including phenoxy) is 2. The number of benzene rings is 1. The Morgan fingerprint density at radius 2 is 1.84 bits per heavy atom. The van der Waals surface area contributed by atoms with Crippen LogP contribution in [0.25, 0.3) is 0 Å². The third kappa shape index (κ3) is 2.17. The summed E-state index contributed by atoms with van der Waals surface area (Å²) in [6, 6.07) is 5.23. The minimum Gasteiger partial charge on any atom is -0.454 e. The Hall–Kier alpha value is -2.35. The molecular weight excluding hydrogens is 270 g/mol. The molecule has 0 atom stereocenters. The Labute approximate surface area is 111 Å². The van der Waals surface area contributed by atoms with Gasteiger partial charge >= 0.3 is 11.4 Å². The topological polar surface area (TPSA) is 89.1 Å². The van der Waals surface area contributed by atoms with E-state index < -0.39 is 11.4 Å². The number of rotatable bonds is 2. The summed E-state index contributed by atoms with van der Waals surface area (Å²) in [5, 5.41) is 0. The lowest BCUT2D eigenvalue weighted by Gasteiger charge is -2.05. The summed E-state index contributed by atoms with van der Waals surface area (Å²) < 4.78 is 11.5. The maximum Gasteiger partial charge on any atom is 0.332 e. The van der Waals surface area contributed by atoms with Crippen LogP contribution in [0.1, 0.15) is 5.56 Å². The summed E-state index contributed by atoms with van der Waals surface area (Å²) >= 11 is 4.72. The highest BCUT2D eigenvalue weighted by Crippen LogP contribution is 2.32. The van der Waals surface area contributed by atoms with Crippen molar-refractivity contribution in [2.45, 2.75) is 6.54 Å². The van der Waals surface area contributed by atoms with Crippen LogP contribution >= 0.6 is 12.2 Å². The summed E-state index contributed by atoms with van der Waals surface area (Å²) in [7, 11) is 0. The van der Waals surface area contributed by atoms with Gasteiger partial charge < -0.3 is 9.47 Å². The third-order valence-electron chi connectivity index (χ3n) is 2.71. The number of nitrogens with one attached hydrogen (secondary N) is 2. The SMILES string of the molecule is O=c1[nH]c(=S)[nH]c(=O)n1Cc1ccc2c(c1)OCO2. The van der Waals surface area contributed by atoms with Crippen LogP contribution in [0, 0.1) is 4.77 Å². The fourth-order valence-electron chi connectivity index (χ4n) is 1.82. The average Bonchev–Trinajstić information content (AvgIpc) is 2.81. The van der Waals surface area contributed by atoms with E-state index in [4.69, 9.17) is 21.7 Å². The monoisotopic (exact) mass is 279 g/mol. The first kappa shape index (κ1) is 11.7. The van der Waals surface area contributed by atoms with Crippen LogP contribution in [-0.4, -0.2) is 21.3 Å². The summed E-state index contributed by atoms with van der Waals surface area (Å²) in [6.45, 7) is 0.300. The molecule has 2 N–H and O–H groups in total. The van der Waals surface area contributed by atoms with Gasteiger partial charge in [0.1, 0.15) is 0 Å². The van der Waals surface area contributed by atoms with Gasteiger partial charge in [-0.15, -0.1) is 0 Å². The third-order valence-corrected chi connectivity index (χ3v) is 2.91. The zero-order valence-electron chi connectivity index (χ0n) is 9.63. The number of hydrogen-bond acceptors (Lipinski definition) is 5. The van der Waals surface area contributed by atoms with Crippen molar-refractivity contribution in [3.63, 3.8) is 0 Å². The first-order valence-corrected chi connectivity index (χ1v) is 5.86. The fraction of sp³-hybridized carbons (Fsp3) is 0.182. The van der Waals surface area contributed by atoms with Crippen LogP contribution in [-0.2, 0) is 6.54 Å². The first-order chi connectivity index (χ1) is 9.13. The second-order valence-electron chi connectivity index (χ2n) is 3.96. The van der Waals surface area contributed by atoms with E-state index in [0.29, 0.717) is 11.5 Å². The molecule has 0 amide bonds. The highest BCUT2D eigenvalue weighted by atomic mass is 32.1. The average molecular weight is 279 g/mol. The molecule has 0 bridgehead atoms. The van der Waals surface area contributed by atoms with Crippen LogP contribution in [0.3, 0.4) is 0 Å². The number of fused-ring (bicyclic) bond motifs is 1. The smallest absolute Gasteiger partial charge is 0.332 e. The van der Waals surface area contributed by atoms with Gasteiger partial charge in [-0.1, -0.05) is 6.07 Å². The van der Waals surface area contributed by atoms with Gasteiger partial charge in [0, 0.05) is 0 Å². The second-order valence-corrected chi connectivity index (χ2v) is 4.37. The van der Waals surface area contributed by atoms with Gasteiger partial charge in [-0.3, -0.25) is 9.97 Å². The predicted molar refractivity (Wildman–Crippen MR) is 68.2 cm³/mol. The van der Waals surface area contributed by atoms with Gasteiger partial charge in [-0.25, -0.2) is 14.2 Å². The maximum absolute atomic E-state index is 11.7. The van der Waals surface area contributed by atoms with Crippen molar-refractivity contribution in [1.82, 2.24) is 14.5 Å². The molecule has 98 valence electrons. The van der Waals surface area contributed by atoms with E-state index in [1.54, 1.807) is 18.2 Å². The molecule has 1 aliphatic rings. The Morgan fingerprint density at radius 1 is 1.16 bits per heavy atom. The van der Waals surface area contributed by atoms with Crippen LogP contribution in [0.15, 0.2) is 27.8 Å². The number of aromatic amines is 2. The van der Waals surface area contributed by atoms with Crippen molar-refractivity contribution < 1.29 is 9.47 Å². The minimum absolute atomic E-state index is 0.0111. The zero-order valence-corrected chi connectivity index (χ0v) is 10.5. The van der Waals surface area contributed by atoms with Crippen molar-refractivity contribution in [3.8, 4) is 11.5 Å². The molecule has 1 aliphatic heterocycles. The zero-order chi connectivity index (χ0) is 13.4. The standard InChI is InChI=1S/C11H9N3O4S/c15-10-12-9(19)13-11(16)14(10)4-6-1-2-7-8(3-6)18-5-17-7/h1-3H,4-5H2,(H2,12,13,15,16,19). The minimum atomic E-state index is -0.550. The molecule has 3 rings (SSSR count). The molecule has 0 saturated carbocycles. The number of aromatic nitrogens is 3. The lowest BCUT2D eigenvalue weighted by atomic mass is 10.2. The van der Waals surface area contributed by atoms with Crippen molar-refractivity contribution in [3.05, 3.63) is 49.5 Å². The van der Waals surface area contributed by atoms with Gasteiger partial charge in [-0.2, -0.15) is 0 Å². The van der Waals surface area contributed by atoms with Crippen molar-refractivity contribution >= 4 is 12.2 Å². The quantitative estimate of drug-likeness (QED) is 0.775. The van der Waals surface area contributed by atoms with Crippen LogP contribution in [0.2, 0.25) is 0 Å². The van der Waals surface area contributed by atoms with Gasteiger partial charge in [0.2, 0.25) is 6.79 Å². The molecule has 0 fully saturated rings. The molecule has 8 heteroatoms. The summed E-state index contributed by atoms with van der Waals surface area (Å²) in [5.74, 6) is 1.25. The lowest BCUT2D eigenvalue weighted by Crippen LogP contribution is -2.37. The molecular formula is C11H9N3O4S. The van der Waals surface area contributed by atoms with Gasteiger partial charge in [-0.05, 0) is 29.9 Å². The molecule has 0 saturated heterocycles. The summed E-state index contributed by atoms with van der Waals surface area (Å²) in [5.41, 5.74) is -0.347. The van der Waals surface area contributed by atoms with E-state index in [9.17, 15) is 9.59 Å². The van der Waals surface area contributed by atoms with Crippen LogP contribution in [0.4, 0.5) is 0 Å². The fourth-order valence-corrected chi connectivity index (χ4v) is 1.99. The highest BCUT2D eigenvalue weighted by molar-refractivity contribution is 7.71. The Kier molecular flexibility index (Phi) is 2.71. The Morgan fingerprint density at radius 3 is 2.58 bits per heavy atom. The van der Waals surface area contributed by atoms with E-state index in [1.165, 1.54) is 0 Å². The van der Waals surface area contributed by atoms with Crippen LogP contribution in [0.5, 0.6) is 11.5 Å². The van der Waals surface area contributed by atoms with E-state index in [-0.39, 0.29) is 18.1 Å². The van der Waals surface area contributed by atoms with Crippen LogP contribution < -0.4 is 20.9 Å². The number of hydrogen-bond donors (Lipinski definition) is 2. The molecule has 2 aromatic rings. The molecule has 2 heterocycles. The first-order valence-electron chi connectivity index (χ1n) is 5.45. The number of nitrogens with zero attached hydrogens (tertiary/aromatic N) is 1. The normalized spacial score (nSPS) is 12.6. The molecule has 7 nitrogen and oxygen atoms in total. The number of H-pyrrole nitrogens is 2. The van der Waals surface area contributed by atoms with Gasteiger partial charge in [0.05, 0.1) is 6.54 Å². The molecule has 0 unspecified atom stereocenters. The van der Waals surface area contributed by atoms with Crippen molar-refractivity contribution in [2.24, 2.45) is 0 Å². The maximum atomic E-state index is 11.7. The summed E-state index contributed by atoms with van der Waals surface area (Å²) in [4.78, 5) is 28.1. The molecule has 0 aliphatic carbocycles. The highest BCUT2D eigenvalue weighted by Gasteiger charge is 2.14. The summed E-state index contributed by atoms with van der Waals surface area (Å²) in [6.07, 6.45) is 0. The van der Waals surface area contributed by atoms with E-state index in [0.717, 1.165) is 10.1 Å². The Balaban J connectivity index is 2.00. The van der Waals surface area contributed by atoms with E-state index >= 15 is 0 Å². The van der Waals surface area contributed by atoms with Crippen molar-refractivity contribution in [1.29, 1.82) is 0 Å². The lowest BCUT2D eigenvalue weighted by molar-refractivity contribution is 0.174.